The summed E-state index contributed by atoms with van der Waals surface area (Å²) in [4.78, 5) is 18.6. The highest BCUT2D eigenvalue weighted by Crippen LogP contribution is 2.36. The fourth-order valence-electron chi connectivity index (χ4n) is 1.47. The molecule has 0 atom stereocenters. The summed E-state index contributed by atoms with van der Waals surface area (Å²) in [5.74, 6) is 0.229. The quantitative estimate of drug-likeness (QED) is 0.854. The summed E-state index contributed by atoms with van der Waals surface area (Å²) in [6.07, 6.45) is 3.19. The number of aromatic nitrogens is 2. The molecule has 1 amide bonds. The van der Waals surface area contributed by atoms with Crippen molar-refractivity contribution in [2.24, 2.45) is 0 Å². The smallest absolute Gasteiger partial charge is 0.347 e. The van der Waals surface area contributed by atoms with Gasteiger partial charge in [0.25, 0.3) is 5.91 Å². The molecule has 0 radical (unpaired) electrons. The summed E-state index contributed by atoms with van der Waals surface area (Å²) in [6.45, 7) is 0.227. The Kier molecular flexibility index (Phi) is 4.33. The summed E-state index contributed by atoms with van der Waals surface area (Å²) < 4.78 is 36.5. The fraction of sp³-hybridized carbons (Fsp3) is 0.167. The lowest BCUT2D eigenvalue weighted by atomic mass is 10.2. The molecule has 0 aliphatic heterocycles. The number of halogens is 3. The average molecular weight is 301 g/mol. The number of benzene rings is 1. The van der Waals surface area contributed by atoms with Gasteiger partial charge in [0.2, 0.25) is 0 Å². The van der Waals surface area contributed by atoms with E-state index in [-0.39, 0.29) is 29.1 Å². The number of amides is 1. The van der Waals surface area contributed by atoms with Crippen LogP contribution in [0.25, 0.3) is 0 Å². The van der Waals surface area contributed by atoms with Gasteiger partial charge in [-0.3, -0.25) is 4.79 Å². The van der Waals surface area contributed by atoms with Gasteiger partial charge in [-0.05, 0) is 36.0 Å². The molecule has 0 spiro atoms. The first kappa shape index (κ1) is 14.4. The number of H-pyrrole nitrogens is 1. The molecular formula is C12H10F3N3OS. The highest BCUT2D eigenvalue weighted by Gasteiger charge is 2.29. The Balaban J connectivity index is 1.93. The molecule has 1 aromatic heterocycles. The van der Waals surface area contributed by atoms with Gasteiger partial charge in [-0.2, -0.15) is 13.2 Å². The van der Waals surface area contributed by atoms with Gasteiger partial charge in [-0.1, -0.05) is 0 Å². The molecule has 2 rings (SSSR count). The molecule has 20 heavy (non-hydrogen) atoms. The first-order valence-corrected chi connectivity index (χ1v) is 6.38. The predicted molar refractivity (Wildman–Crippen MR) is 68.1 cm³/mol. The fourth-order valence-corrected chi connectivity index (χ4v) is 2.01. The minimum Gasteiger partial charge on any atom is -0.347 e. The zero-order valence-corrected chi connectivity index (χ0v) is 10.9. The van der Waals surface area contributed by atoms with Crippen molar-refractivity contribution in [3.05, 3.63) is 48.0 Å². The number of carbonyl (C=O) groups excluding carboxylic acids is 1. The van der Waals surface area contributed by atoms with Crippen LogP contribution in [0.1, 0.15) is 16.2 Å². The van der Waals surface area contributed by atoms with Gasteiger partial charge in [0.05, 0.1) is 6.54 Å². The van der Waals surface area contributed by atoms with Crippen LogP contribution in [0, 0.1) is 0 Å². The molecule has 0 saturated heterocycles. The Bertz CT molecular complexity index is 567. The van der Waals surface area contributed by atoms with Crippen LogP contribution in [0.4, 0.5) is 13.2 Å². The van der Waals surface area contributed by atoms with Crippen LogP contribution in [0.2, 0.25) is 0 Å². The van der Waals surface area contributed by atoms with Gasteiger partial charge >= 0.3 is 5.51 Å². The van der Waals surface area contributed by atoms with E-state index in [2.05, 4.69) is 15.3 Å². The maximum absolute atomic E-state index is 12.2. The van der Waals surface area contributed by atoms with Crippen molar-refractivity contribution in [2.75, 3.05) is 0 Å². The third kappa shape index (κ3) is 4.30. The number of nitrogens with one attached hydrogen (secondary N) is 2. The van der Waals surface area contributed by atoms with Crippen LogP contribution in [0.5, 0.6) is 0 Å². The van der Waals surface area contributed by atoms with Crippen LogP contribution in [-0.4, -0.2) is 21.4 Å². The van der Waals surface area contributed by atoms with E-state index >= 15 is 0 Å². The van der Waals surface area contributed by atoms with Gasteiger partial charge < -0.3 is 10.3 Å². The molecule has 0 saturated carbocycles. The van der Waals surface area contributed by atoms with Gasteiger partial charge in [0.15, 0.2) is 0 Å². The molecule has 0 bridgehead atoms. The number of hydrogen-bond donors (Lipinski definition) is 2. The van der Waals surface area contributed by atoms with E-state index in [1.54, 1.807) is 12.4 Å². The largest absolute Gasteiger partial charge is 0.446 e. The Morgan fingerprint density at radius 2 is 2.00 bits per heavy atom. The van der Waals surface area contributed by atoms with Crippen LogP contribution >= 0.6 is 11.8 Å². The van der Waals surface area contributed by atoms with Gasteiger partial charge in [-0.25, -0.2) is 4.98 Å². The second-order valence-electron chi connectivity index (χ2n) is 3.79. The Morgan fingerprint density at radius 1 is 1.30 bits per heavy atom. The number of hydrogen-bond acceptors (Lipinski definition) is 3. The van der Waals surface area contributed by atoms with E-state index in [0.29, 0.717) is 11.4 Å². The molecule has 8 heteroatoms. The van der Waals surface area contributed by atoms with Crippen LogP contribution in [0.3, 0.4) is 0 Å². The molecule has 1 aromatic carbocycles. The Hall–Kier alpha value is -1.96. The zero-order valence-electron chi connectivity index (χ0n) is 10.1. The van der Waals surface area contributed by atoms with Gasteiger partial charge in [-0.15, -0.1) is 0 Å². The molecule has 2 N–H and O–H groups in total. The molecule has 1 heterocycles. The number of rotatable bonds is 4. The van der Waals surface area contributed by atoms with Crippen LogP contribution in [-0.2, 0) is 6.54 Å². The van der Waals surface area contributed by atoms with Crippen LogP contribution < -0.4 is 5.32 Å². The second-order valence-corrected chi connectivity index (χ2v) is 4.93. The van der Waals surface area contributed by atoms with Crippen molar-refractivity contribution in [3.63, 3.8) is 0 Å². The molecule has 106 valence electrons. The number of aromatic amines is 1. The summed E-state index contributed by atoms with van der Waals surface area (Å²) in [6, 6.07) is 5.23. The SMILES string of the molecule is O=C(NCc1ncc[nH]1)c1ccc(SC(F)(F)F)cc1. The summed E-state index contributed by atoms with van der Waals surface area (Å²) in [7, 11) is 0. The Labute approximate surface area is 116 Å². The minimum atomic E-state index is -4.33. The number of alkyl halides is 3. The number of carbonyl (C=O) groups is 1. The zero-order chi connectivity index (χ0) is 14.6. The normalized spacial score (nSPS) is 11.3. The standard InChI is InChI=1S/C12H10F3N3OS/c13-12(14,15)20-9-3-1-8(2-4-9)11(19)18-7-10-16-5-6-17-10/h1-6H,7H2,(H,16,17)(H,18,19). The lowest BCUT2D eigenvalue weighted by Gasteiger charge is -2.07. The maximum Gasteiger partial charge on any atom is 0.446 e. The second kappa shape index (κ2) is 6.00. The summed E-state index contributed by atoms with van der Waals surface area (Å²) >= 11 is -0.214. The molecule has 0 aliphatic carbocycles. The molecule has 0 fully saturated rings. The van der Waals surface area contributed by atoms with Crippen molar-refractivity contribution < 1.29 is 18.0 Å². The summed E-state index contributed by atoms with van der Waals surface area (Å²) in [5.41, 5.74) is -4.04. The molecule has 4 nitrogen and oxygen atoms in total. The molecule has 0 aliphatic rings. The summed E-state index contributed by atoms with van der Waals surface area (Å²) in [5, 5.41) is 2.61. The number of thioether (sulfide) groups is 1. The number of nitrogens with zero attached hydrogens (tertiary/aromatic N) is 1. The van der Waals surface area contributed by atoms with E-state index in [1.807, 2.05) is 0 Å². The molecular weight excluding hydrogens is 291 g/mol. The minimum absolute atomic E-state index is 0.0417. The lowest BCUT2D eigenvalue weighted by molar-refractivity contribution is -0.0328. The topological polar surface area (TPSA) is 57.8 Å². The van der Waals surface area contributed by atoms with Gasteiger partial charge in [0.1, 0.15) is 5.82 Å². The van der Waals surface area contributed by atoms with Crippen molar-refractivity contribution in [1.29, 1.82) is 0 Å². The number of imidazole rings is 1. The highest BCUT2D eigenvalue weighted by atomic mass is 32.2. The van der Waals surface area contributed by atoms with E-state index in [9.17, 15) is 18.0 Å². The van der Waals surface area contributed by atoms with Crippen molar-refractivity contribution in [1.82, 2.24) is 15.3 Å². The van der Waals surface area contributed by atoms with Gasteiger partial charge in [0, 0.05) is 22.9 Å². The highest BCUT2D eigenvalue weighted by molar-refractivity contribution is 8.00. The maximum atomic E-state index is 12.2. The van der Waals surface area contributed by atoms with Crippen molar-refractivity contribution in [3.8, 4) is 0 Å². The first-order valence-electron chi connectivity index (χ1n) is 5.56. The molecule has 2 aromatic rings. The average Bonchev–Trinajstić information content (AvgIpc) is 2.88. The third-order valence-electron chi connectivity index (χ3n) is 2.32. The van der Waals surface area contributed by atoms with E-state index in [4.69, 9.17) is 0 Å². The predicted octanol–water partition coefficient (Wildman–Crippen LogP) is 2.95. The van der Waals surface area contributed by atoms with E-state index in [0.717, 1.165) is 0 Å². The lowest BCUT2D eigenvalue weighted by Crippen LogP contribution is -2.23. The Morgan fingerprint density at radius 3 is 2.55 bits per heavy atom. The van der Waals surface area contributed by atoms with E-state index in [1.165, 1.54) is 24.3 Å². The van der Waals surface area contributed by atoms with Crippen molar-refractivity contribution >= 4 is 17.7 Å². The van der Waals surface area contributed by atoms with Crippen molar-refractivity contribution in [2.45, 2.75) is 16.9 Å². The van der Waals surface area contributed by atoms with Crippen LogP contribution in [0.15, 0.2) is 41.6 Å². The monoisotopic (exact) mass is 301 g/mol. The van der Waals surface area contributed by atoms with E-state index < -0.39 is 5.51 Å². The first-order chi connectivity index (χ1) is 9.44. The third-order valence-corrected chi connectivity index (χ3v) is 3.06. The molecule has 0 unspecified atom stereocenters.